The van der Waals surface area contributed by atoms with Crippen LogP contribution in [0.3, 0.4) is 0 Å². The lowest BCUT2D eigenvalue weighted by molar-refractivity contribution is -0.115. The summed E-state index contributed by atoms with van der Waals surface area (Å²) < 4.78 is 5.47. The zero-order chi connectivity index (χ0) is 13.9. The minimum Gasteiger partial charge on any atom is -0.381 e. The molecule has 108 valence electrons. The Morgan fingerprint density at radius 3 is 2.95 bits per heavy atom. The Morgan fingerprint density at radius 2 is 2.20 bits per heavy atom. The van der Waals surface area contributed by atoms with Crippen LogP contribution >= 0.6 is 0 Å². The molecule has 0 aromatic heterocycles. The molecular weight excluding hydrogens is 252 g/mol. The molecule has 4 heteroatoms. The van der Waals surface area contributed by atoms with Crippen molar-refractivity contribution in [3.8, 4) is 0 Å². The van der Waals surface area contributed by atoms with Crippen molar-refractivity contribution in [1.82, 2.24) is 5.32 Å². The number of rotatable bonds is 4. The molecule has 1 saturated heterocycles. The van der Waals surface area contributed by atoms with Crippen LogP contribution in [0.5, 0.6) is 0 Å². The van der Waals surface area contributed by atoms with Gasteiger partial charge in [0.15, 0.2) is 0 Å². The highest BCUT2D eigenvalue weighted by molar-refractivity contribution is 5.99. The zero-order valence-electron chi connectivity index (χ0n) is 11.9. The lowest BCUT2D eigenvalue weighted by atomic mass is 9.86. The van der Waals surface area contributed by atoms with Gasteiger partial charge in [0.05, 0.1) is 6.42 Å². The maximum Gasteiger partial charge on any atom is 0.228 e. The highest BCUT2D eigenvalue weighted by Gasteiger charge is 2.26. The van der Waals surface area contributed by atoms with Crippen molar-refractivity contribution in [2.45, 2.75) is 32.2 Å². The zero-order valence-corrected chi connectivity index (χ0v) is 11.9. The van der Waals surface area contributed by atoms with E-state index in [2.05, 4.69) is 29.7 Å². The lowest BCUT2D eigenvalue weighted by Gasteiger charge is -2.31. The van der Waals surface area contributed by atoms with E-state index in [1.165, 1.54) is 5.56 Å². The Bertz CT molecular complexity index is 495. The molecule has 1 aromatic rings. The first-order chi connectivity index (χ1) is 9.78. The van der Waals surface area contributed by atoms with Crippen LogP contribution < -0.4 is 10.6 Å². The summed E-state index contributed by atoms with van der Waals surface area (Å²) in [5.74, 6) is 0.718. The number of carbonyl (C=O) groups excluding carboxylic acids is 1. The largest absolute Gasteiger partial charge is 0.381 e. The standard InChI is InChI=1S/C16H22N2O2/c1-2-17-16(11-5-7-20-8-6-11)12-3-4-14-13(9-12)10-15(19)18-14/h3-4,9,11,16-17H,2,5-8,10H2,1H3,(H,18,19). The quantitative estimate of drug-likeness (QED) is 0.885. The number of nitrogens with one attached hydrogen (secondary N) is 2. The van der Waals surface area contributed by atoms with Gasteiger partial charge in [-0.05, 0) is 42.5 Å². The van der Waals surface area contributed by atoms with Gasteiger partial charge in [0.1, 0.15) is 0 Å². The normalized spacial score (nSPS) is 20.6. The molecule has 2 heterocycles. The fourth-order valence-electron chi connectivity index (χ4n) is 3.27. The summed E-state index contributed by atoms with van der Waals surface area (Å²) >= 11 is 0. The van der Waals surface area contributed by atoms with Crippen LogP contribution in [0.2, 0.25) is 0 Å². The molecule has 3 rings (SSSR count). The molecule has 20 heavy (non-hydrogen) atoms. The van der Waals surface area contributed by atoms with Gasteiger partial charge < -0.3 is 15.4 Å². The second-order valence-corrected chi connectivity index (χ2v) is 5.63. The highest BCUT2D eigenvalue weighted by Crippen LogP contribution is 2.33. The fraction of sp³-hybridized carbons (Fsp3) is 0.562. The van der Waals surface area contributed by atoms with Gasteiger partial charge in [-0.3, -0.25) is 4.79 Å². The highest BCUT2D eigenvalue weighted by atomic mass is 16.5. The average molecular weight is 274 g/mol. The Kier molecular flexibility index (Phi) is 4.03. The molecule has 1 atom stereocenters. The van der Waals surface area contributed by atoms with Gasteiger partial charge in [0.2, 0.25) is 5.91 Å². The molecule has 2 aliphatic heterocycles. The SMILES string of the molecule is CCNC(c1ccc2c(c1)CC(=O)N2)C1CCOCC1. The van der Waals surface area contributed by atoms with Gasteiger partial charge in [-0.15, -0.1) is 0 Å². The summed E-state index contributed by atoms with van der Waals surface area (Å²) in [5, 5.41) is 6.51. The molecular formula is C16H22N2O2. The topological polar surface area (TPSA) is 50.4 Å². The monoisotopic (exact) mass is 274 g/mol. The number of hydrogen-bond donors (Lipinski definition) is 2. The number of carbonyl (C=O) groups is 1. The molecule has 0 bridgehead atoms. The predicted molar refractivity (Wildman–Crippen MR) is 78.7 cm³/mol. The number of ether oxygens (including phenoxy) is 1. The third-order valence-electron chi connectivity index (χ3n) is 4.27. The van der Waals surface area contributed by atoms with Crippen molar-refractivity contribution in [1.29, 1.82) is 0 Å². The molecule has 1 amide bonds. The van der Waals surface area contributed by atoms with Gasteiger partial charge in [-0.1, -0.05) is 19.1 Å². The Hall–Kier alpha value is -1.39. The molecule has 0 radical (unpaired) electrons. The summed E-state index contributed by atoms with van der Waals surface area (Å²) in [6, 6.07) is 6.74. The van der Waals surface area contributed by atoms with Gasteiger partial charge in [0.25, 0.3) is 0 Å². The minimum atomic E-state index is 0.100. The summed E-state index contributed by atoms with van der Waals surface area (Å²) in [6.07, 6.45) is 2.72. The van der Waals surface area contributed by atoms with Crippen LogP contribution in [0, 0.1) is 5.92 Å². The lowest BCUT2D eigenvalue weighted by Crippen LogP contribution is -2.32. The van der Waals surface area contributed by atoms with Crippen molar-refractivity contribution in [2.24, 2.45) is 5.92 Å². The Balaban J connectivity index is 1.84. The van der Waals surface area contributed by atoms with E-state index in [0.717, 1.165) is 43.9 Å². The molecule has 0 aliphatic carbocycles. The van der Waals surface area contributed by atoms with Crippen LogP contribution in [0.25, 0.3) is 0 Å². The first kappa shape index (κ1) is 13.6. The van der Waals surface area contributed by atoms with E-state index in [4.69, 9.17) is 4.74 Å². The molecule has 2 N–H and O–H groups in total. The Labute approximate surface area is 119 Å². The van der Waals surface area contributed by atoms with Crippen molar-refractivity contribution < 1.29 is 9.53 Å². The van der Waals surface area contributed by atoms with Crippen molar-refractivity contribution in [3.63, 3.8) is 0 Å². The van der Waals surface area contributed by atoms with Crippen molar-refractivity contribution in [3.05, 3.63) is 29.3 Å². The molecule has 2 aliphatic rings. The number of hydrogen-bond acceptors (Lipinski definition) is 3. The molecule has 0 saturated carbocycles. The summed E-state index contributed by atoms with van der Waals surface area (Å²) in [7, 11) is 0. The van der Waals surface area contributed by atoms with Crippen molar-refractivity contribution >= 4 is 11.6 Å². The predicted octanol–water partition coefficient (Wildman–Crippen LogP) is 2.26. The number of anilines is 1. The maximum atomic E-state index is 11.5. The second-order valence-electron chi connectivity index (χ2n) is 5.63. The van der Waals surface area contributed by atoms with Crippen LogP contribution in [-0.4, -0.2) is 25.7 Å². The van der Waals surface area contributed by atoms with E-state index in [9.17, 15) is 4.79 Å². The van der Waals surface area contributed by atoms with Gasteiger partial charge in [-0.25, -0.2) is 0 Å². The Morgan fingerprint density at radius 1 is 1.40 bits per heavy atom. The summed E-state index contributed by atoms with van der Waals surface area (Å²) in [6.45, 7) is 4.82. The van der Waals surface area contributed by atoms with Gasteiger partial charge >= 0.3 is 0 Å². The number of amides is 1. The van der Waals surface area contributed by atoms with Crippen LogP contribution in [0.4, 0.5) is 5.69 Å². The van der Waals surface area contributed by atoms with E-state index in [0.29, 0.717) is 18.4 Å². The first-order valence-electron chi connectivity index (χ1n) is 7.51. The number of benzene rings is 1. The van der Waals surface area contributed by atoms with Gasteiger partial charge in [-0.2, -0.15) is 0 Å². The second kappa shape index (κ2) is 5.94. The van der Waals surface area contributed by atoms with Crippen LogP contribution in [0.15, 0.2) is 18.2 Å². The maximum absolute atomic E-state index is 11.5. The molecule has 0 spiro atoms. The fourth-order valence-corrected chi connectivity index (χ4v) is 3.27. The smallest absolute Gasteiger partial charge is 0.228 e. The van der Waals surface area contributed by atoms with Gasteiger partial charge in [0, 0.05) is 24.9 Å². The summed E-state index contributed by atoms with van der Waals surface area (Å²) in [4.78, 5) is 11.5. The van der Waals surface area contributed by atoms with E-state index in [-0.39, 0.29) is 5.91 Å². The van der Waals surface area contributed by atoms with E-state index in [1.807, 2.05) is 6.07 Å². The molecule has 4 nitrogen and oxygen atoms in total. The van der Waals surface area contributed by atoms with Crippen LogP contribution in [-0.2, 0) is 16.0 Å². The summed E-state index contributed by atoms with van der Waals surface area (Å²) in [5.41, 5.74) is 3.40. The molecule has 1 unspecified atom stereocenters. The first-order valence-corrected chi connectivity index (χ1v) is 7.51. The third-order valence-corrected chi connectivity index (χ3v) is 4.27. The molecule has 1 fully saturated rings. The molecule has 1 aromatic carbocycles. The van der Waals surface area contributed by atoms with Crippen molar-refractivity contribution in [2.75, 3.05) is 25.1 Å². The number of fused-ring (bicyclic) bond motifs is 1. The minimum absolute atomic E-state index is 0.100. The van der Waals surface area contributed by atoms with Crippen LogP contribution in [0.1, 0.15) is 36.9 Å². The third kappa shape index (κ3) is 2.72. The van der Waals surface area contributed by atoms with E-state index >= 15 is 0 Å². The van der Waals surface area contributed by atoms with E-state index < -0.39 is 0 Å². The van der Waals surface area contributed by atoms with E-state index in [1.54, 1.807) is 0 Å². The average Bonchev–Trinajstić information content (AvgIpc) is 2.84.